The zero-order chi connectivity index (χ0) is 10.9. The molecule has 1 aliphatic carbocycles. The minimum Gasteiger partial charge on any atom is -0.299 e. The summed E-state index contributed by atoms with van der Waals surface area (Å²) in [4.78, 5) is 23.4. The van der Waals surface area contributed by atoms with E-state index < -0.39 is 0 Å². The number of rotatable bonds is 2. The highest BCUT2D eigenvalue weighted by atomic mass is 16.2. The Hall–Kier alpha value is -0.660. The molecule has 0 amide bonds. The van der Waals surface area contributed by atoms with Gasteiger partial charge in [-0.25, -0.2) is 0 Å². The Morgan fingerprint density at radius 2 is 2.00 bits per heavy atom. The molecule has 0 aromatic heterocycles. The molecule has 2 heteroatoms. The standard InChI is InChI=1S/C12H20O2/c1-8(2)11(14)9-7-12(3,4)6-5-10(9)13/h8-9H,5-7H2,1-4H3. The molecule has 0 aliphatic heterocycles. The van der Waals surface area contributed by atoms with Gasteiger partial charge in [0.15, 0.2) is 0 Å². The molecule has 14 heavy (non-hydrogen) atoms. The van der Waals surface area contributed by atoms with Crippen molar-refractivity contribution in [3.8, 4) is 0 Å². The second-order valence-corrected chi connectivity index (χ2v) is 5.44. The minimum absolute atomic E-state index is 0.0159. The fourth-order valence-electron chi connectivity index (χ4n) is 2.07. The zero-order valence-corrected chi connectivity index (χ0v) is 9.59. The van der Waals surface area contributed by atoms with Gasteiger partial charge in [-0.15, -0.1) is 0 Å². The minimum atomic E-state index is -0.321. The molecule has 0 spiro atoms. The maximum Gasteiger partial charge on any atom is 0.145 e. The summed E-state index contributed by atoms with van der Waals surface area (Å²) in [6, 6.07) is 0. The first-order chi connectivity index (χ1) is 6.33. The quantitative estimate of drug-likeness (QED) is 0.636. The summed E-state index contributed by atoms with van der Waals surface area (Å²) in [7, 11) is 0. The van der Waals surface area contributed by atoms with E-state index in [1.807, 2.05) is 13.8 Å². The molecule has 0 saturated heterocycles. The summed E-state index contributed by atoms with van der Waals surface area (Å²) in [6.45, 7) is 8.02. The molecule has 80 valence electrons. The molecule has 1 atom stereocenters. The molecule has 1 unspecified atom stereocenters. The number of ketones is 2. The maximum absolute atomic E-state index is 11.8. The Bertz CT molecular complexity index is 251. The summed E-state index contributed by atoms with van der Waals surface area (Å²) in [5.41, 5.74) is 0.156. The molecular weight excluding hydrogens is 176 g/mol. The molecule has 0 radical (unpaired) electrons. The van der Waals surface area contributed by atoms with E-state index in [0.29, 0.717) is 6.42 Å². The van der Waals surface area contributed by atoms with E-state index in [0.717, 1.165) is 12.8 Å². The summed E-state index contributed by atoms with van der Waals surface area (Å²) in [5.74, 6) is -0.0533. The van der Waals surface area contributed by atoms with Crippen molar-refractivity contribution < 1.29 is 9.59 Å². The molecule has 0 heterocycles. The highest BCUT2D eigenvalue weighted by Gasteiger charge is 2.38. The summed E-state index contributed by atoms with van der Waals surface area (Å²) in [6.07, 6.45) is 2.24. The van der Waals surface area contributed by atoms with Crippen molar-refractivity contribution in [3.63, 3.8) is 0 Å². The van der Waals surface area contributed by atoms with Crippen LogP contribution in [0, 0.1) is 17.3 Å². The van der Waals surface area contributed by atoms with Gasteiger partial charge in [0.1, 0.15) is 11.6 Å². The summed E-state index contributed by atoms with van der Waals surface area (Å²) in [5, 5.41) is 0. The van der Waals surface area contributed by atoms with Gasteiger partial charge in [0.05, 0.1) is 5.92 Å². The van der Waals surface area contributed by atoms with Crippen LogP contribution in [0.1, 0.15) is 47.0 Å². The van der Waals surface area contributed by atoms with Crippen molar-refractivity contribution in [1.82, 2.24) is 0 Å². The first-order valence-corrected chi connectivity index (χ1v) is 5.40. The Kier molecular flexibility index (Phi) is 3.13. The van der Waals surface area contributed by atoms with E-state index in [9.17, 15) is 9.59 Å². The average Bonchev–Trinajstić information content (AvgIpc) is 2.08. The molecule has 0 aromatic rings. The van der Waals surface area contributed by atoms with Crippen molar-refractivity contribution in [2.24, 2.45) is 17.3 Å². The number of hydrogen-bond donors (Lipinski definition) is 0. The van der Waals surface area contributed by atoms with Gasteiger partial charge in [0.2, 0.25) is 0 Å². The zero-order valence-electron chi connectivity index (χ0n) is 9.59. The molecule has 2 nitrogen and oxygen atoms in total. The van der Waals surface area contributed by atoms with Crippen LogP contribution in [0.4, 0.5) is 0 Å². The lowest BCUT2D eigenvalue weighted by Gasteiger charge is -2.34. The fraction of sp³-hybridized carbons (Fsp3) is 0.833. The number of carbonyl (C=O) groups is 2. The van der Waals surface area contributed by atoms with Gasteiger partial charge >= 0.3 is 0 Å². The van der Waals surface area contributed by atoms with Gasteiger partial charge < -0.3 is 0 Å². The van der Waals surface area contributed by atoms with Gasteiger partial charge in [-0.1, -0.05) is 27.7 Å². The molecule has 0 aromatic carbocycles. The van der Waals surface area contributed by atoms with Crippen LogP contribution in [0.25, 0.3) is 0 Å². The normalized spacial score (nSPS) is 26.6. The van der Waals surface area contributed by atoms with E-state index in [-0.39, 0.29) is 28.8 Å². The maximum atomic E-state index is 11.8. The largest absolute Gasteiger partial charge is 0.299 e. The predicted octanol–water partition coefficient (Wildman–Crippen LogP) is 2.61. The van der Waals surface area contributed by atoms with Crippen molar-refractivity contribution in [2.75, 3.05) is 0 Å². The molecule has 0 bridgehead atoms. The van der Waals surface area contributed by atoms with Crippen LogP contribution in [0.5, 0.6) is 0 Å². The lowest BCUT2D eigenvalue weighted by molar-refractivity contribution is -0.138. The lowest BCUT2D eigenvalue weighted by Crippen LogP contribution is -2.36. The van der Waals surface area contributed by atoms with Crippen molar-refractivity contribution in [3.05, 3.63) is 0 Å². The van der Waals surface area contributed by atoms with Gasteiger partial charge in [-0.05, 0) is 18.3 Å². The van der Waals surface area contributed by atoms with Gasteiger partial charge in [0.25, 0.3) is 0 Å². The molecule has 1 aliphatic rings. The Balaban J connectivity index is 2.76. The third-order valence-corrected chi connectivity index (χ3v) is 3.11. The Morgan fingerprint density at radius 3 is 2.50 bits per heavy atom. The molecule has 1 saturated carbocycles. The topological polar surface area (TPSA) is 34.1 Å². The van der Waals surface area contributed by atoms with Crippen molar-refractivity contribution in [2.45, 2.75) is 47.0 Å². The number of Topliss-reactive ketones (excluding diaryl/α,β-unsaturated/α-hetero) is 2. The van der Waals surface area contributed by atoms with E-state index in [1.54, 1.807) is 0 Å². The van der Waals surface area contributed by atoms with E-state index in [4.69, 9.17) is 0 Å². The van der Waals surface area contributed by atoms with Crippen LogP contribution < -0.4 is 0 Å². The highest BCUT2D eigenvalue weighted by molar-refractivity contribution is 6.03. The first-order valence-electron chi connectivity index (χ1n) is 5.40. The van der Waals surface area contributed by atoms with Crippen LogP contribution in [-0.2, 0) is 9.59 Å². The molecular formula is C12H20O2. The van der Waals surface area contributed by atoms with Gasteiger partial charge in [-0.3, -0.25) is 9.59 Å². The SMILES string of the molecule is CC(C)C(=O)C1CC(C)(C)CCC1=O. The average molecular weight is 196 g/mol. The Morgan fingerprint density at radius 1 is 1.43 bits per heavy atom. The third kappa shape index (κ3) is 2.43. The second-order valence-electron chi connectivity index (χ2n) is 5.44. The lowest BCUT2D eigenvalue weighted by atomic mass is 9.69. The summed E-state index contributed by atoms with van der Waals surface area (Å²) >= 11 is 0. The van der Waals surface area contributed by atoms with E-state index in [1.165, 1.54) is 0 Å². The Labute approximate surface area is 86.1 Å². The molecule has 0 N–H and O–H groups in total. The second kappa shape index (κ2) is 3.84. The van der Waals surface area contributed by atoms with Gasteiger partial charge in [0, 0.05) is 12.3 Å². The molecule has 1 rings (SSSR count). The summed E-state index contributed by atoms with van der Waals surface area (Å²) < 4.78 is 0. The molecule has 1 fully saturated rings. The van der Waals surface area contributed by atoms with E-state index in [2.05, 4.69) is 13.8 Å². The number of carbonyl (C=O) groups excluding carboxylic acids is 2. The van der Waals surface area contributed by atoms with E-state index >= 15 is 0 Å². The monoisotopic (exact) mass is 196 g/mol. The van der Waals surface area contributed by atoms with Crippen LogP contribution >= 0.6 is 0 Å². The van der Waals surface area contributed by atoms with Crippen LogP contribution in [0.15, 0.2) is 0 Å². The fourth-order valence-corrected chi connectivity index (χ4v) is 2.07. The highest BCUT2D eigenvalue weighted by Crippen LogP contribution is 2.37. The van der Waals surface area contributed by atoms with Crippen molar-refractivity contribution >= 4 is 11.6 Å². The third-order valence-electron chi connectivity index (χ3n) is 3.11. The van der Waals surface area contributed by atoms with Crippen molar-refractivity contribution in [1.29, 1.82) is 0 Å². The number of hydrogen-bond acceptors (Lipinski definition) is 2. The predicted molar refractivity (Wildman–Crippen MR) is 56.0 cm³/mol. The smallest absolute Gasteiger partial charge is 0.145 e. The van der Waals surface area contributed by atoms with Gasteiger partial charge in [-0.2, -0.15) is 0 Å². The van der Waals surface area contributed by atoms with Crippen LogP contribution in [-0.4, -0.2) is 11.6 Å². The first kappa shape index (κ1) is 11.4. The van der Waals surface area contributed by atoms with Crippen LogP contribution in [0.3, 0.4) is 0 Å². The van der Waals surface area contributed by atoms with Crippen LogP contribution in [0.2, 0.25) is 0 Å².